The van der Waals surface area contributed by atoms with Crippen LogP contribution in [-0.4, -0.2) is 23.5 Å². The van der Waals surface area contributed by atoms with E-state index in [2.05, 4.69) is 5.32 Å². The van der Waals surface area contributed by atoms with Crippen LogP contribution in [0.25, 0.3) is 0 Å². The van der Waals surface area contributed by atoms with Crippen LogP contribution in [0.15, 0.2) is 0 Å². The van der Waals surface area contributed by atoms with Gasteiger partial charge in [0.05, 0.1) is 6.04 Å². The normalized spacial score (nSPS) is 13.9. The van der Waals surface area contributed by atoms with Crippen LogP contribution in [0.1, 0.15) is 53.4 Å². The van der Waals surface area contributed by atoms with E-state index in [-0.39, 0.29) is 29.8 Å². The second-order valence-electron chi connectivity index (χ2n) is 4.62. The van der Waals surface area contributed by atoms with Gasteiger partial charge < -0.3 is 10.1 Å². The molecule has 0 bridgehead atoms. The molecule has 0 aromatic carbocycles. The smallest absolute Gasteiger partial charge is 0.223 e. The summed E-state index contributed by atoms with van der Waals surface area (Å²) < 4.78 is 0. The van der Waals surface area contributed by atoms with Crippen molar-refractivity contribution in [3.8, 4) is 0 Å². The van der Waals surface area contributed by atoms with Crippen LogP contribution in [0.3, 0.4) is 0 Å². The number of carbonyl (C=O) groups excluding carboxylic acids is 3. The lowest BCUT2D eigenvalue weighted by Crippen LogP contribution is -2.42. The number of unbranched alkanes of at least 4 members (excludes halogenated alkanes) is 1. The molecular formula is C13H23NO3. The van der Waals surface area contributed by atoms with Gasteiger partial charge in [-0.25, -0.2) is 0 Å². The molecule has 0 aromatic heterocycles. The molecule has 0 heterocycles. The first-order valence-corrected chi connectivity index (χ1v) is 6.18. The van der Waals surface area contributed by atoms with Crippen molar-refractivity contribution in [3.05, 3.63) is 0 Å². The Morgan fingerprint density at radius 2 is 1.76 bits per heavy atom. The van der Waals surface area contributed by atoms with Crippen molar-refractivity contribution in [1.29, 1.82) is 0 Å². The molecule has 2 atom stereocenters. The van der Waals surface area contributed by atoms with E-state index in [1.165, 1.54) is 13.8 Å². The molecule has 98 valence electrons. The number of ketones is 2. The molecule has 0 aliphatic heterocycles. The minimum absolute atomic E-state index is 0.0133. The Morgan fingerprint density at radius 3 is 2.18 bits per heavy atom. The number of nitrogens with one attached hydrogen (secondary N) is 1. The topological polar surface area (TPSA) is 63.2 Å². The van der Waals surface area contributed by atoms with E-state index in [1.807, 2.05) is 6.92 Å². The van der Waals surface area contributed by atoms with E-state index in [0.717, 1.165) is 12.8 Å². The summed E-state index contributed by atoms with van der Waals surface area (Å²) in [4.78, 5) is 34.0. The molecule has 0 unspecified atom stereocenters. The van der Waals surface area contributed by atoms with Crippen LogP contribution in [0.5, 0.6) is 0 Å². The minimum atomic E-state index is -0.406. The first kappa shape index (κ1) is 15.8. The lowest BCUT2D eigenvalue weighted by Gasteiger charge is -2.18. The highest BCUT2D eigenvalue weighted by Gasteiger charge is 2.21. The van der Waals surface area contributed by atoms with E-state index in [4.69, 9.17) is 0 Å². The summed E-state index contributed by atoms with van der Waals surface area (Å²) in [6.07, 6.45) is 2.79. The zero-order chi connectivity index (χ0) is 13.4. The number of hydrogen-bond acceptors (Lipinski definition) is 3. The fraction of sp³-hybridized carbons (Fsp3) is 0.769. The summed E-state index contributed by atoms with van der Waals surface area (Å²) in [5.74, 6) is -0.616. The number of hydrogen-bond donors (Lipinski definition) is 1. The van der Waals surface area contributed by atoms with Gasteiger partial charge in [0.1, 0.15) is 5.78 Å². The predicted octanol–water partition coefficient (Wildman–Crippen LogP) is 1.87. The van der Waals surface area contributed by atoms with E-state index in [9.17, 15) is 14.4 Å². The van der Waals surface area contributed by atoms with Crippen LogP contribution >= 0.6 is 0 Å². The maximum absolute atomic E-state index is 11.7. The van der Waals surface area contributed by atoms with Crippen LogP contribution in [-0.2, 0) is 14.4 Å². The predicted molar refractivity (Wildman–Crippen MR) is 66.6 cm³/mol. The monoisotopic (exact) mass is 241 g/mol. The molecule has 0 radical (unpaired) electrons. The van der Waals surface area contributed by atoms with Gasteiger partial charge in [-0.05, 0) is 20.3 Å². The number of carbonyl (C=O) groups is 3. The molecule has 1 N–H and O–H groups in total. The third-order valence-corrected chi connectivity index (χ3v) is 2.69. The fourth-order valence-corrected chi connectivity index (χ4v) is 1.62. The molecule has 4 nitrogen and oxygen atoms in total. The second kappa shape index (κ2) is 7.98. The highest BCUT2D eigenvalue weighted by Crippen LogP contribution is 2.06. The summed E-state index contributed by atoms with van der Waals surface area (Å²) in [5, 5.41) is 2.72. The van der Waals surface area contributed by atoms with E-state index >= 15 is 0 Å². The van der Waals surface area contributed by atoms with Gasteiger partial charge in [-0.2, -0.15) is 0 Å². The van der Waals surface area contributed by atoms with E-state index < -0.39 is 6.04 Å². The van der Waals surface area contributed by atoms with Gasteiger partial charge in [-0.15, -0.1) is 0 Å². The van der Waals surface area contributed by atoms with Crippen LogP contribution in [0.4, 0.5) is 0 Å². The summed E-state index contributed by atoms with van der Waals surface area (Å²) >= 11 is 0. The van der Waals surface area contributed by atoms with Crippen molar-refractivity contribution < 1.29 is 14.4 Å². The molecule has 0 aliphatic rings. The summed E-state index contributed by atoms with van der Waals surface area (Å²) in [6, 6.07) is -0.406. The molecule has 0 saturated heterocycles. The molecule has 0 fully saturated rings. The third-order valence-electron chi connectivity index (χ3n) is 2.69. The maximum Gasteiger partial charge on any atom is 0.223 e. The van der Waals surface area contributed by atoms with E-state index in [0.29, 0.717) is 6.42 Å². The molecular weight excluding hydrogens is 218 g/mol. The summed E-state index contributed by atoms with van der Waals surface area (Å²) in [5.41, 5.74) is 0. The van der Waals surface area contributed by atoms with Crippen molar-refractivity contribution >= 4 is 17.5 Å². The second-order valence-corrected chi connectivity index (χ2v) is 4.62. The van der Waals surface area contributed by atoms with Gasteiger partial charge in [0.2, 0.25) is 5.91 Å². The third kappa shape index (κ3) is 6.87. The Bertz CT molecular complexity index is 286. The molecule has 0 spiro atoms. The van der Waals surface area contributed by atoms with Gasteiger partial charge in [0.15, 0.2) is 5.78 Å². The number of rotatable bonds is 8. The number of Topliss-reactive ketones (excluding diaryl/α,β-unsaturated/α-hetero) is 2. The fourth-order valence-electron chi connectivity index (χ4n) is 1.62. The van der Waals surface area contributed by atoms with Crippen molar-refractivity contribution in [1.82, 2.24) is 5.32 Å². The van der Waals surface area contributed by atoms with Gasteiger partial charge in [-0.3, -0.25) is 9.59 Å². The number of amides is 1. The van der Waals surface area contributed by atoms with Crippen molar-refractivity contribution in [3.63, 3.8) is 0 Å². The van der Waals surface area contributed by atoms with Crippen molar-refractivity contribution in [2.75, 3.05) is 0 Å². The Balaban J connectivity index is 4.29. The maximum atomic E-state index is 11.7. The average Bonchev–Trinajstić information content (AvgIpc) is 2.22. The molecule has 0 aliphatic carbocycles. The average molecular weight is 241 g/mol. The Labute approximate surface area is 103 Å². The SMILES string of the molecule is CCCC[C@H](NC(=O)[C@H](C)CC(C)=O)C(C)=O. The Morgan fingerprint density at radius 1 is 1.18 bits per heavy atom. The van der Waals surface area contributed by atoms with Gasteiger partial charge >= 0.3 is 0 Å². The first-order valence-electron chi connectivity index (χ1n) is 6.18. The van der Waals surface area contributed by atoms with Gasteiger partial charge in [0.25, 0.3) is 0 Å². The van der Waals surface area contributed by atoms with Crippen molar-refractivity contribution in [2.24, 2.45) is 5.92 Å². The molecule has 0 aromatic rings. The van der Waals surface area contributed by atoms with Crippen LogP contribution in [0, 0.1) is 5.92 Å². The van der Waals surface area contributed by atoms with Crippen LogP contribution in [0.2, 0.25) is 0 Å². The Kier molecular flexibility index (Phi) is 7.42. The lowest BCUT2D eigenvalue weighted by atomic mass is 10.0. The lowest BCUT2D eigenvalue weighted by molar-refractivity contribution is -0.131. The largest absolute Gasteiger partial charge is 0.346 e. The Hall–Kier alpha value is -1.19. The zero-order valence-electron chi connectivity index (χ0n) is 11.2. The molecule has 0 rings (SSSR count). The van der Waals surface area contributed by atoms with Crippen LogP contribution < -0.4 is 5.32 Å². The van der Waals surface area contributed by atoms with Crippen molar-refractivity contribution in [2.45, 2.75) is 59.4 Å². The summed E-state index contributed by atoms with van der Waals surface area (Å²) in [7, 11) is 0. The minimum Gasteiger partial charge on any atom is -0.346 e. The van der Waals surface area contributed by atoms with Gasteiger partial charge in [0, 0.05) is 12.3 Å². The van der Waals surface area contributed by atoms with Gasteiger partial charge in [-0.1, -0.05) is 26.7 Å². The zero-order valence-corrected chi connectivity index (χ0v) is 11.2. The highest BCUT2D eigenvalue weighted by atomic mass is 16.2. The highest BCUT2D eigenvalue weighted by molar-refractivity contribution is 5.90. The molecule has 0 saturated carbocycles. The molecule has 1 amide bonds. The first-order chi connectivity index (χ1) is 7.88. The van der Waals surface area contributed by atoms with E-state index in [1.54, 1.807) is 6.92 Å². The quantitative estimate of drug-likeness (QED) is 0.705. The molecule has 4 heteroatoms. The molecule has 17 heavy (non-hydrogen) atoms. The standard InChI is InChI=1S/C13H23NO3/c1-5-6-7-12(11(4)16)14-13(17)9(2)8-10(3)15/h9,12H,5-8H2,1-4H3,(H,14,17)/t9-,12+/m1/s1. The summed E-state index contributed by atoms with van der Waals surface area (Å²) in [6.45, 7) is 6.69.